The lowest BCUT2D eigenvalue weighted by Gasteiger charge is -2.29. The van der Waals surface area contributed by atoms with Crippen LogP contribution in [0.2, 0.25) is 0 Å². The van der Waals surface area contributed by atoms with Crippen molar-refractivity contribution in [2.75, 3.05) is 19.6 Å². The number of ether oxygens (including phenoxy) is 1. The van der Waals surface area contributed by atoms with Gasteiger partial charge in [-0.15, -0.1) is 0 Å². The minimum Gasteiger partial charge on any atom is -0.465 e. The molecule has 7 heteroatoms. The van der Waals surface area contributed by atoms with Gasteiger partial charge in [0.1, 0.15) is 17.2 Å². The number of aryl methyl sites for hydroxylation is 2. The van der Waals surface area contributed by atoms with Crippen LogP contribution in [0.5, 0.6) is 0 Å². The van der Waals surface area contributed by atoms with Crippen LogP contribution >= 0.6 is 0 Å². The van der Waals surface area contributed by atoms with Crippen molar-refractivity contribution in [2.24, 2.45) is 11.8 Å². The van der Waals surface area contributed by atoms with E-state index in [0.717, 1.165) is 44.0 Å². The van der Waals surface area contributed by atoms with Gasteiger partial charge in [0.05, 0.1) is 30.8 Å². The average Bonchev–Trinajstić information content (AvgIpc) is 3.41. The number of hydrogen-bond acceptors (Lipinski definition) is 5. The van der Waals surface area contributed by atoms with E-state index in [-0.39, 0.29) is 17.6 Å². The summed E-state index contributed by atoms with van der Waals surface area (Å²) >= 11 is 0. The third-order valence-corrected chi connectivity index (χ3v) is 6.69. The molecule has 0 saturated carbocycles. The molecule has 0 aromatic carbocycles. The summed E-state index contributed by atoms with van der Waals surface area (Å²) in [6, 6.07) is 2.14. The number of amides is 1. The third-order valence-electron chi connectivity index (χ3n) is 6.69. The first-order valence-electron chi connectivity index (χ1n) is 9.77. The lowest BCUT2D eigenvalue weighted by molar-refractivity contribution is 0.00166. The van der Waals surface area contributed by atoms with Crippen LogP contribution in [0, 0.1) is 25.7 Å². The van der Waals surface area contributed by atoms with E-state index in [2.05, 4.69) is 33.2 Å². The fourth-order valence-electron chi connectivity index (χ4n) is 5.31. The van der Waals surface area contributed by atoms with Crippen LogP contribution in [0.15, 0.2) is 23.0 Å². The molecule has 3 aliphatic heterocycles. The highest BCUT2D eigenvalue weighted by atomic mass is 16.5. The minimum absolute atomic E-state index is 0.0370. The highest BCUT2D eigenvalue weighted by Gasteiger charge is 2.62. The monoisotopic (exact) mass is 370 g/mol. The second-order valence-electron chi connectivity index (χ2n) is 8.33. The van der Waals surface area contributed by atoms with Crippen molar-refractivity contribution in [3.63, 3.8) is 0 Å². The van der Waals surface area contributed by atoms with E-state index in [9.17, 15) is 4.79 Å². The SMILES string of the molecule is Cc1cc(CN2C[C@@H]3[C@H](CNC(=O)c4cnc[nH]4)[C@H]4CC[C@]3(C2)O4)oc1C. The van der Waals surface area contributed by atoms with E-state index < -0.39 is 0 Å². The van der Waals surface area contributed by atoms with Crippen LogP contribution < -0.4 is 5.32 Å². The van der Waals surface area contributed by atoms with Gasteiger partial charge >= 0.3 is 0 Å². The molecule has 27 heavy (non-hydrogen) atoms. The van der Waals surface area contributed by atoms with Crippen LogP contribution in [0.4, 0.5) is 0 Å². The smallest absolute Gasteiger partial charge is 0.269 e. The molecule has 3 fully saturated rings. The van der Waals surface area contributed by atoms with E-state index in [4.69, 9.17) is 9.15 Å². The zero-order chi connectivity index (χ0) is 18.6. The molecule has 0 unspecified atom stereocenters. The summed E-state index contributed by atoms with van der Waals surface area (Å²) in [5.74, 6) is 2.77. The molecule has 5 heterocycles. The first-order chi connectivity index (χ1) is 13.0. The van der Waals surface area contributed by atoms with Gasteiger partial charge < -0.3 is 19.5 Å². The topological polar surface area (TPSA) is 83.4 Å². The molecule has 2 aromatic heterocycles. The Morgan fingerprint density at radius 1 is 1.48 bits per heavy atom. The van der Waals surface area contributed by atoms with Gasteiger partial charge in [-0.25, -0.2) is 4.98 Å². The van der Waals surface area contributed by atoms with E-state index in [1.54, 1.807) is 6.20 Å². The first kappa shape index (κ1) is 17.0. The molecule has 1 spiro atoms. The highest BCUT2D eigenvalue weighted by Crippen LogP contribution is 2.54. The number of aromatic nitrogens is 2. The zero-order valence-corrected chi connectivity index (χ0v) is 15.8. The fourth-order valence-corrected chi connectivity index (χ4v) is 5.31. The number of nitrogens with one attached hydrogen (secondary N) is 2. The van der Waals surface area contributed by atoms with Crippen molar-refractivity contribution in [1.29, 1.82) is 0 Å². The Labute approximate surface area is 158 Å². The zero-order valence-electron chi connectivity index (χ0n) is 15.8. The molecule has 3 aliphatic rings. The molecule has 0 aliphatic carbocycles. The number of nitrogens with zero attached hydrogens (tertiary/aromatic N) is 2. The predicted molar refractivity (Wildman–Crippen MR) is 98.2 cm³/mol. The van der Waals surface area contributed by atoms with Gasteiger partial charge in [-0.3, -0.25) is 9.69 Å². The van der Waals surface area contributed by atoms with Gasteiger partial charge in [0.25, 0.3) is 5.91 Å². The van der Waals surface area contributed by atoms with Gasteiger partial charge in [0, 0.05) is 31.5 Å². The molecule has 7 nitrogen and oxygen atoms in total. The van der Waals surface area contributed by atoms with E-state index >= 15 is 0 Å². The molecule has 5 rings (SSSR count). The van der Waals surface area contributed by atoms with Crippen LogP contribution in [0.1, 0.15) is 40.4 Å². The highest BCUT2D eigenvalue weighted by molar-refractivity contribution is 5.91. The van der Waals surface area contributed by atoms with Crippen molar-refractivity contribution in [3.8, 4) is 0 Å². The van der Waals surface area contributed by atoms with Crippen molar-refractivity contribution < 1.29 is 13.9 Å². The molecule has 4 atom stereocenters. The molecule has 0 radical (unpaired) electrons. The van der Waals surface area contributed by atoms with Crippen LogP contribution in [-0.2, 0) is 11.3 Å². The molecule has 144 valence electrons. The van der Waals surface area contributed by atoms with Gasteiger partial charge in [-0.05, 0) is 38.3 Å². The summed E-state index contributed by atoms with van der Waals surface area (Å²) < 4.78 is 12.3. The number of imidazole rings is 1. The number of carbonyl (C=O) groups excluding carboxylic acids is 1. The lowest BCUT2D eigenvalue weighted by atomic mass is 9.73. The number of furan rings is 1. The van der Waals surface area contributed by atoms with Crippen LogP contribution in [-0.4, -0.2) is 52.1 Å². The van der Waals surface area contributed by atoms with Gasteiger partial charge in [0.2, 0.25) is 0 Å². The average molecular weight is 370 g/mol. The Hall–Kier alpha value is -2.12. The number of likely N-dealkylation sites (tertiary alicyclic amines) is 1. The summed E-state index contributed by atoms with van der Waals surface area (Å²) in [4.78, 5) is 21.5. The molecule has 2 aromatic rings. The summed E-state index contributed by atoms with van der Waals surface area (Å²) in [6.07, 6.45) is 5.57. The molecular weight excluding hydrogens is 344 g/mol. The molecule has 2 N–H and O–H groups in total. The Bertz CT molecular complexity index is 826. The van der Waals surface area contributed by atoms with E-state index in [1.165, 1.54) is 11.9 Å². The third kappa shape index (κ3) is 2.80. The Morgan fingerprint density at radius 2 is 2.37 bits per heavy atom. The number of rotatable bonds is 5. The Morgan fingerprint density at radius 3 is 3.11 bits per heavy atom. The maximum Gasteiger partial charge on any atom is 0.269 e. The summed E-state index contributed by atoms with van der Waals surface area (Å²) in [5.41, 5.74) is 1.68. The summed E-state index contributed by atoms with van der Waals surface area (Å²) in [5, 5.41) is 3.07. The second-order valence-corrected chi connectivity index (χ2v) is 8.33. The maximum absolute atomic E-state index is 12.3. The quantitative estimate of drug-likeness (QED) is 0.841. The molecular formula is C20H26N4O3. The van der Waals surface area contributed by atoms with Crippen LogP contribution in [0.3, 0.4) is 0 Å². The molecule has 3 saturated heterocycles. The minimum atomic E-state index is -0.0966. The first-order valence-corrected chi connectivity index (χ1v) is 9.77. The molecule has 1 amide bonds. The van der Waals surface area contributed by atoms with Crippen LogP contribution in [0.25, 0.3) is 0 Å². The normalized spacial score (nSPS) is 32.1. The molecule has 2 bridgehead atoms. The predicted octanol–water partition coefficient (Wildman–Crippen LogP) is 2.03. The van der Waals surface area contributed by atoms with Gasteiger partial charge in [0.15, 0.2) is 0 Å². The maximum atomic E-state index is 12.3. The van der Waals surface area contributed by atoms with Gasteiger partial charge in [-0.1, -0.05) is 0 Å². The van der Waals surface area contributed by atoms with E-state index in [0.29, 0.717) is 24.1 Å². The van der Waals surface area contributed by atoms with Crippen molar-refractivity contribution >= 4 is 5.91 Å². The summed E-state index contributed by atoms with van der Waals surface area (Å²) in [6.45, 7) is 7.54. The second kappa shape index (κ2) is 6.21. The number of H-pyrrole nitrogens is 1. The van der Waals surface area contributed by atoms with Crippen molar-refractivity contribution in [2.45, 2.75) is 44.9 Å². The van der Waals surface area contributed by atoms with Crippen molar-refractivity contribution in [3.05, 3.63) is 41.4 Å². The summed E-state index contributed by atoms with van der Waals surface area (Å²) in [7, 11) is 0. The number of carbonyl (C=O) groups is 1. The lowest BCUT2D eigenvalue weighted by Crippen LogP contribution is -2.42. The number of aromatic amines is 1. The van der Waals surface area contributed by atoms with Crippen molar-refractivity contribution in [1.82, 2.24) is 20.2 Å². The fraction of sp³-hybridized carbons (Fsp3) is 0.600. The largest absolute Gasteiger partial charge is 0.465 e. The number of hydrogen-bond donors (Lipinski definition) is 2. The van der Waals surface area contributed by atoms with E-state index in [1.807, 2.05) is 6.92 Å². The Kier molecular flexibility index (Phi) is 3.91. The standard InChI is InChI=1S/C20H26N4O3/c1-12-5-14(26-13(12)2)8-24-9-16-15(18-3-4-20(16,10-24)27-18)6-22-19(25)17-7-21-11-23-17/h5,7,11,15-16,18H,3-4,6,8-10H2,1-2H3,(H,21,23)(H,22,25)/t15-,16+,18+,20+/m0/s1. The number of fused-ring (bicyclic) bond motifs is 1. The Balaban J connectivity index is 1.25. The van der Waals surface area contributed by atoms with Gasteiger partial charge in [-0.2, -0.15) is 0 Å².